The van der Waals surface area contributed by atoms with E-state index in [0.29, 0.717) is 6.54 Å². The van der Waals surface area contributed by atoms with E-state index in [1.807, 2.05) is 42.7 Å². The lowest BCUT2D eigenvalue weighted by Crippen LogP contribution is -2.33. The van der Waals surface area contributed by atoms with Crippen molar-refractivity contribution in [3.8, 4) is 0 Å². The van der Waals surface area contributed by atoms with Crippen molar-refractivity contribution in [1.29, 1.82) is 0 Å². The largest absolute Gasteiger partial charge is 0.395 e. The lowest BCUT2D eigenvalue weighted by Gasteiger charge is -2.19. The van der Waals surface area contributed by atoms with Crippen molar-refractivity contribution >= 4 is 11.0 Å². The van der Waals surface area contributed by atoms with Gasteiger partial charge in [0.25, 0.3) is 0 Å². The second kappa shape index (κ2) is 3.88. The maximum Gasteiger partial charge on any atom is 0.129 e. The first-order valence-electron chi connectivity index (χ1n) is 5.39. The van der Waals surface area contributed by atoms with E-state index in [2.05, 4.69) is 4.98 Å². The standard InChI is InChI=1S/C12H17N3O/c1-12(2,13)11-14-9-5-3-4-6-10(9)15(11)7-8-16/h3-6,16H,7-8,13H2,1-2H3. The molecule has 1 aromatic heterocycles. The number of hydrogen-bond donors (Lipinski definition) is 2. The van der Waals surface area contributed by atoms with E-state index in [1.165, 1.54) is 0 Å². The molecule has 0 bridgehead atoms. The molecular formula is C12H17N3O. The highest BCUT2D eigenvalue weighted by atomic mass is 16.3. The van der Waals surface area contributed by atoms with E-state index in [-0.39, 0.29) is 6.61 Å². The van der Waals surface area contributed by atoms with E-state index in [1.54, 1.807) is 0 Å². The second-order valence-corrected chi connectivity index (χ2v) is 4.52. The minimum atomic E-state index is -0.506. The molecule has 4 nitrogen and oxygen atoms in total. The maximum atomic E-state index is 9.10. The number of imidazole rings is 1. The zero-order valence-corrected chi connectivity index (χ0v) is 9.64. The Bertz CT molecular complexity index is 496. The summed E-state index contributed by atoms with van der Waals surface area (Å²) in [6.07, 6.45) is 0. The number of nitrogens with two attached hydrogens (primary N) is 1. The molecule has 0 saturated carbocycles. The first kappa shape index (κ1) is 11.1. The highest BCUT2D eigenvalue weighted by molar-refractivity contribution is 5.76. The molecule has 0 atom stereocenters. The normalized spacial score (nSPS) is 12.2. The maximum absolute atomic E-state index is 9.10. The highest BCUT2D eigenvalue weighted by Crippen LogP contribution is 2.22. The van der Waals surface area contributed by atoms with Crippen LogP contribution in [0.5, 0.6) is 0 Å². The zero-order chi connectivity index (χ0) is 11.8. The van der Waals surface area contributed by atoms with Crippen LogP contribution in [-0.4, -0.2) is 21.3 Å². The molecule has 2 rings (SSSR count). The van der Waals surface area contributed by atoms with Gasteiger partial charge in [-0.15, -0.1) is 0 Å². The Balaban J connectivity index is 2.68. The monoisotopic (exact) mass is 219 g/mol. The predicted molar refractivity (Wildman–Crippen MR) is 64.0 cm³/mol. The van der Waals surface area contributed by atoms with Gasteiger partial charge in [-0.3, -0.25) is 0 Å². The van der Waals surface area contributed by atoms with Gasteiger partial charge in [0.15, 0.2) is 0 Å². The number of aliphatic hydroxyl groups is 1. The Labute approximate surface area is 94.7 Å². The van der Waals surface area contributed by atoms with Crippen LogP contribution in [0.4, 0.5) is 0 Å². The number of hydrogen-bond acceptors (Lipinski definition) is 3. The number of aromatic nitrogens is 2. The predicted octanol–water partition coefficient (Wildman–Crippen LogP) is 1.22. The van der Waals surface area contributed by atoms with Crippen LogP contribution < -0.4 is 5.73 Å². The molecule has 2 aromatic rings. The number of benzene rings is 1. The Hall–Kier alpha value is -1.39. The number of aliphatic hydroxyl groups excluding tert-OH is 1. The van der Waals surface area contributed by atoms with Crippen LogP contribution >= 0.6 is 0 Å². The third-order valence-electron chi connectivity index (χ3n) is 2.55. The molecule has 0 unspecified atom stereocenters. The van der Waals surface area contributed by atoms with Crippen LogP contribution in [0.25, 0.3) is 11.0 Å². The van der Waals surface area contributed by atoms with Crippen molar-refractivity contribution in [3.63, 3.8) is 0 Å². The summed E-state index contributed by atoms with van der Waals surface area (Å²) in [5, 5.41) is 9.10. The molecule has 3 N–H and O–H groups in total. The van der Waals surface area contributed by atoms with E-state index >= 15 is 0 Å². The van der Waals surface area contributed by atoms with Crippen molar-refractivity contribution in [1.82, 2.24) is 9.55 Å². The fraction of sp³-hybridized carbons (Fsp3) is 0.417. The van der Waals surface area contributed by atoms with Crippen molar-refractivity contribution in [2.24, 2.45) is 5.73 Å². The van der Waals surface area contributed by atoms with Crippen LogP contribution in [-0.2, 0) is 12.1 Å². The fourth-order valence-corrected chi connectivity index (χ4v) is 1.89. The van der Waals surface area contributed by atoms with Gasteiger partial charge in [0.2, 0.25) is 0 Å². The average molecular weight is 219 g/mol. The summed E-state index contributed by atoms with van der Waals surface area (Å²) in [5.74, 6) is 0.808. The molecule has 0 aliphatic carbocycles. The van der Waals surface area contributed by atoms with Crippen LogP contribution in [0.15, 0.2) is 24.3 Å². The van der Waals surface area contributed by atoms with Gasteiger partial charge in [0.1, 0.15) is 5.82 Å². The van der Waals surface area contributed by atoms with Crippen LogP contribution in [0, 0.1) is 0 Å². The summed E-state index contributed by atoms with van der Waals surface area (Å²) >= 11 is 0. The molecule has 0 spiro atoms. The first-order chi connectivity index (χ1) is 7.54. The van der Waals surface area contributed by atoms with Gasteiger partial charge in [0.05, 0.1) is 23.2 Å². The lowest BCUT2D eigenvalue weighted by atomic mass is 10.1. The van der Waals surface area contributed by atoms with Crippen molar-refractivity contribution in [3.05, 3.63) is 30.1 Å². The van der Waals surface area contributed by atoms with Crippen molar-refractivity contribution < 1.29 is 5.11 Å². The Morgan fingerprint density at radius 2 is 2.06 bits per heavy atom. The summed E-state index contributed by atoms with van der Waals surface area (Å²) in [6, 6.07) is 7.86. The van der Waals surface area contributed by atoms with Gasteiger partial charge >= 0.3 is 0 Å². The summed E-state index contributed by atoms with van der Waals surface area (Å²) in [6.45, 7) is 4.45. The molecule has 86 valence electrons. The van der Waals surface area contributed by atoms with E-state index < -0.39 is 5.54 Å². The van der Waals surface area contributed by atoms with Gasteiger partial charge in [0, 0.05) is 6.54 Å². The average Bonchev–Trinajstić information content (AvgIpc) is 2.58. The second-order valence-electron chi connectivity index (χ2n) is 4.52. The first-order valence-corrected chi connectivity index (χ1v) is 5.39. The molecule has 16 heavy (non-hydrogen) atoms. The lowest BCUT2D eigenvalue weighted by molar-refractivity contribution is 0.272. The van der Waals surface area contributed by atoms with Crippen molar-refractivity contribution in [2.75, 3.05) is 6.61 Å². The molecule has 0 aliphatic heterocycles. The quantitative estimate of drug-likeness (QED) is 0.816. The van der Waals surface area contributed by atoms with Crippen molar-refractivity contribution in [2.45, 2.75) is 25.9 Å². The number of rotatable bonds is 3. The Kier molecular flexibility index (Phi) is 2.69. The number of para-hydroxylation sites is 2. The molecule has 0 radical (unpaired) electrons. The van der Waals surface area contributed by atoms with Gasteiger partial charge in [-0.05, 0) is 26.0 Å². The molecule has 0 aliphatic rings. The summed E-state index contributed by atoms with van der Waals surface area (Å²) in [7, 11) is 0. The third kappa shape index (κ3) is 1.81. The highest BCUT2D eigenvalue weighted by Gasteiger charge is 2.22. The summed E-state index contributed by atoms with van der Waals surface area (Å²) < 4.78 is 1.98. The molecule has 0 fully saturated rings. The minimum Gasteiger partial charge on any atom is -0.395 e. The molecule has 0 saturated heterocycles. The molecular weight excluding hydrogens is 202 g/mol. The number of fused-ring (bicyclic) bond motifs is 1. The van der Waals surface area contributed by atoms with Gasteiger partial charge in [-0.25, -0.2) is 4.98 Å². The molecule has 4 heteroatoms. The Morgan fingerprint density at radius 3 is 2.69 bits per heavy atom. The fourth-order valence-electron chi connectivity index (χ4n) is 1.89. The summed E-state index contributed by atoms with van der Waals surface area (Å²) in [5.41, 5.74) is 7.52. The smallest absolute Gasteiger partial charge is 0.129 e. The zero-order valence-electron chi connectivity index (χ0n) is 9.64. The minimum absolute atomic E-state index is 0.0867. The van der Waals surface area contributed by atoms with Crippen LogP contribution in [0.2, 0.25) is 0 Å². The summed E-state index contributed by atoms with van der Waals surface area (Å²) in [4.78, 5) is 4.53. The topological polar surface area (TPSA) is 64.1 Å². The SMILES string of the molecule is CC(C)(N)c1nc2ccccc2n1CCO. The van der Waals surface area contributed by atoms with Gasteiger partial charge in [-0.1, -0.05) is 12.1 Å². The molecule has 1 aromatic carbocycles. The van der Waals surface area contributed by atoms with E-state index in [9.17, 15) is 0 Å². The molecule has 0 amide bonds. The third-order valence-corrected chi connectivity index (χ3v) is 2.55. The van der Waals surface area contributed by atoms with Crippen LogP contribution in [0.1, 0.15) is 19.7 Å². The van der Waals surface area contributed by atoms with Crippen LogP contribution in [0.3, 0.4) is 0 Å². The Morgan fingerprint density at radius 1 is 1.38 bits per heavy atom. The number of nitrogens with zero attached hydrogens (tertiary/aromatic N) is 2. The van der Waals surface area contributed by atoms with Gasteiger partial charge < -0.3 is 15.4 Å². The molecule has 1 heterocycles. The van der Waals surface area contributed by atoms with E-state index in [0.717, 1.165) is 16.9 Å². The van der Waals surface area contributed by atoms with E-state index in [4.69, 9.17) is 10.8 Å². The van der Waals surface area contributed by atoms with Gasteiger partial charge in [-0.2, -0.15) is 0 Å².